The molecule has 0 saturated heterocycles. The van der Waals surface area contributed by atoms with Crippen LogP contribution in [0.25, 0.3) is 66.1 Å². The molecule has 0 N–H and O–H groups in total. The molecule has 3 nitrogen and oxygen atoms in total. The van der Waals surface area contributed by atoms with Crippen LogP contribution in [0.5, 0.6) is 0 Å². The van der Waals surface area contributed by atoms with E-state index in [2.05, 4.69) is 115 Å². The van der Waals surface area contributed by atoms with Crippen LogP contribution in [-0.4, -0.2) is 9.97 Å². The summed E-state index contributed by atoms with van der Waals surface area (Å²) in [6.07, 6.45) is 7.57. The number of hydrogen-bond acceptors (Lipinski definition) is 3. The van der Waals surface area contributed by atoms with Crippen molar-refractivity contribution in [3.63, 3.8) is 0 Å². The Morgan fingerprint density at radius 3 is 1.72 bits per heavy atom. The third kappa shape index (κ3) is 3.81. The highest BCUT2D eigenvalue weighted by atomic mass is 14.6. The Morgan fingerprint density at radius 1 is 0.535 bits per heavy atom. The number of hydrogen-bond donors (Lipinski definition) is 0. The van der Waals surface area contributed by atoms with Gasteiger partial charge in [0.1, 0.15) is 0 Å². The average molecular weight is 550 g/mol. The molecule has 2 aromatic heterocycles. The quantitative estimate of drug-likeness (QED) is 0.206. The Hall–Kier alpha value is -5.59. The van der Waals surface area contributed by atoms with Crippen LogP contribution >= 0.6 is 0 Å². The second-order valence-electron chi connectivity index (χ2n) is 11.8. The number of aromatic nitrogens is 2. The number of fused-ring (bicyclic) bond motifs is 5. The molecule has 202 valence electrons. The van der Waals surface area contributed by atoms with Gasteiger partial charge in [-0.2, -0.15) is 5.26 Å². The molecule has 0 bridgehead atoms. The number of pyridine rings is 2. The molecule has 8 rings (SSSR count). The van der Waals surface area contributed by atoms with Crippen molar-refractivity contribution in [1.29, 1.82) is 5.26 Å². The summed E-state index contributed by atoms with van der Waals surface area (Å²) in [5, 5.41) is 14.3. The second kappa shape index (κ2) is 9.48. The smallest absolute Gasteiger partial charge is 0.0991 e. The van der Waals surface area contributed by atoms with Gasteiger partial charge in [-0.1, -0.05) is 80.6 Å². The zero-order chi connectivity index (χ0) is 29.1. The molecule has 7 aromatic rings. The molecule has 0 unspecified atom stereocenters. The third-order valence-electron chi connectivity index (χ3n) is 9.06. The van der Waals surface area contributed by atoms with Crippen LogP contribution in [0.4, 0.5) is 0 Å². The van der Waals surface area contributed by atoms with Crippen molar-refractivity contribution >= 4 is 21.5 Å². The van der Waals surface area contributed by atoms with Gasteiger partial charge in [-0.05, 0) is 102 Å². The van der Waals surface area contributed by atoms with E-state index in [4.69, 9.17) is 0 Å². The van der Waals surface area contributed by atoms with E-state index in [0.717, 1.165) is 16.7 Å². The standard InChI is InChI=1S/C40H27N3/c1-40(2)36-19-25(22-41)11-14-30(36)31-15-12-27(21-37(31)40)26-13-16-34-35(20-26)39(29-8-6-18-43-24-29)33-10-4-3-9-32(33)38(34)28-7-5-17-42-23-28/h3-21,23-24H,1-2H3. The molecule has 2 heterocycles. The van der Waals surface area contributed by atoms with E-state index in [-0.39, 0.29) is 5.41 Å². The van der Waals surface area contributed by atoms with Gasteiger partial charge in [-0.15, -0.1) is 0 Å². The first-order chi connectivity index (χ1) is 21.0. The summed E-state index contributed by atoms with van der Waals surface area (Å²) in [6.45, 7) is 4.52. The van der Waals surface area contributed by atoms with Crippen LogP contribution in [0.2, 0.25) is 0 Å². The Labute approximate surface area is 250 Å². The number of nitrogens with zero attached hydrogens (tertiary/aromatic N) is 3. The predicted octanol–water partition coefficient (Wildman–Crippen LogP) is 9.96. The summed E-state index contributed by atoms with van der Waals surface area (Å²) < 4.78 is 0. The highest BCUT2D eigenvalue weighted by molar-refractivity contribution is 6.21. The molecule has 5 aromatic carbocycles. The van der Waals surface area contributed by atoms with Gasteiger partial charge in [-0.3, -0.25) is 9.97 Å². The topological polar surface area (TPSA) is 49.6 Å². The molecule has 3 heteroatoms. The maximum Gasteiger partial charge on any atom is 0.0991 e. The summed E-state index contributed by atoms with van der Waals surface area (Å²) in [5.74, 6) is 0. The lowest BCUT2D eigenvalue weighted by molar-refractivity contribution is 0.660. The lowest BCUT2D eigenvalue weighted by Gasteiger charge is -2.22. The van der Waals surface area contributed by atoms with Crippen LogP contribution in [0.3, 0.4) is 0 Å². The minimum Gasteiger partial charge on any atom is -0.264 e. The largest absolute Gasteiger partial charge is 0.264 e. The van der Waals surface area contributed by atoms with Crippen molar-refractivity contribution in [2.45, 2.75) is 19.3 Å². The molecule has 0 aliphatic heterocycles. The molecular formula is C40H27N3. The zero-order valence-corrected chi connectivity index (χ0v) is 24.0. The fourth-order valence-corrected chi connectivity index (χ4v) is 6.99. The van der Waals surface area contributed by atoms with E-state index >= 15 is 0 Å². The average Bonchev–Trinajstić information content (AvgIpc) is 3.29. The van der Waals surface area contributed by atoms with Gasteiger partial charge in [0.15, 0.2) is 0 Å². The van der Waals surface area contributed by atoms with Crippen molar-refractivity contribution < 1.29 is 0 Å². The third-order valence-corrected chi connectivity index (χ3v) is 9.06. The molecule has 1 aliphatic carbocycles. The summed E-state index contributed by atoms with van der Waals surface area (Å²) in [5.41, 5.74) is 12.4. The summed E-state index contributed by atoms with van der Waals surface area (Å²) in [4.78, 5) is 8.96. The Bertz CT molecular complexity index is 2260. The van der Waals surface area contributed by atoms with E-state index in [1.54, 1.807) is 0 Å². The van der Waals surface area contributed by atoms with Gasteiger partial charge in [0.25, 0.3) is 0 Å². The Balaban J connectivity index is 1.40. The molecule has 0 fully saturated rings. The van der Waals surface area contributed by atoms with E-state index in [1.807, 2.05) is 43.0 Å². The first kappa shape index (κ1) is 25.1. The van der Waals surface area contributed by atoms with E-state index in [9.17, 15) is 5.26 Å². The molecule has 1 aliphatic rings. The minimum absolute atomic E-state index is 0.199. The van der Waals surface area contributed by atoms with Gasteiger partial charge in [0.2, 0.25) is 0 Å². The molecule has 0 spiro atoms. The van der Waals surface area contributed by atoms with Crippen molar-refractivity contribution in [3.8, 4) is 50.6 Å². The molecular weight excluding hydrogens is 522 g/mol. The van der Waals surface area contributed by atoms with Crippen molar-refractivity contribution in [3.05, 3.63) is 145 Å². The summed E-state index contributed by atoms with van der Waals surface area (Å²) in [6, 6.07) is 39.0. The van der Waals surface area contributed by atoms with Gasteiger partial charge in [0.05, 0.1) is 11.6 Å². The van der Waals surface area contributed by atoms with Crippen LogP contribution < -0.4 is 0 Å². The first-order valence-corrected chi connectivity index (χ1v) is 14.5. The predicted molar refractivity (Wildman–Crippen MR) is 176 cm³/mol. The molecule has 43 heavy (non-hydrogen) atoms. The van der Waals surface area contributed by atoms with Crippen LogP contribution in [-0.2, 0) is 5.41 Å². The normalized spacial score (nSPS) is 13.0. The molecule has 0 radical (unpaired) electrons. The van der Waals surface area contributed by atoms with Crippen LogP contribution in [0.1, 0.15) is 30.5 Å². The lowest BCUT2D eigenvalue weighted by Crippen LogP contribution is -2.15. The lowest BCUT2D eigenvalue weighted by atomic mass is 9.81. The highest BCUT2D eigenvalue weighted by Gasteiger charge is 2.35. The fraction of sp³-hybridized carbons (Fsp3) is 0.0750. The van der Waals surface area contributed by atoms with Crippen molar-refractivity contribution in [2.24, 2.45) is 0 Å². The Kier molecular flexibility index (Phi) is 5.54. The molecule has 0 saturated carbocycles. The van der Waals surface area contributed by atoms with Gasteiger partial charge < -0.3 is 0 Å². The summed E-state index contributed by atoms with van der Waals surface area (Å²) >= 11 is 0. The van der Waals surface area contributed by atoms with Crippen molar-refractivity contribution in [2.75, 3.05) is 0 Å². The Morgan fingerprint density at radius 2 is 1.09 bits per heavy atom. The maximum atomic E-state index is 9.54. The van der Waals surface area contributed by atoms with Gasteiger partial charge >= 0.3 is 0 Å². The van der Waals surface area contributed by atoms with Crippen LogP contribution in [0, 0.1) is 11.3 Å². The van der Waals surface area contributed by atoms with E-state index < -0.39 is 0 Å². The molecule has 0 amide bonds. The first-order valence-electron chi connectivity index (χ1n) is 14.5. The maximum absolute atomic E-state index is 9.54. The number of nitriles is 1. The van der Waals surface area contributed by atoms with E-state index in [1.165, 1.54) is 60.5 Å². The SMILES string of the molecule is CC1(C)c2cc(C#N)ccc2-c2ccc(-c3ccc4c(-c5cccnc5)c5ccccc5c(-c5cccnc5)c4c3)cc21. The number of benzene rings is 5. The van der Waals surface area contributed by atoms with Crippen molar-refractivity contribution in [1.82, 2.24) is 9.97 Å². The van der Waals surface area contributed by atoms with E-state index in [0.29, 0.717) is 5.56 Å². The highest BCUT2D eigenvalue weighted by Crippen LogP contribution is 2.50. The van der Waals surface area contributed by atoms with Crippen LogP contribution in [0.15, 0.2) is 128 Å². The van der Waals surface area contributed by atoms with Gasteiger partial charge in [0, 0.05) is 41.3 Å². The van der Waals surface area contributed by atoms with Gasteiger partial charge in [-0.25, -0.2) is 0 Å². The second-order valence-corrected chi connectivity index (χ2v) is 11.8. The zero-order valence-electron chi connectivity index (χ0n) is 24.0. The molecule has 0 atom stereocenters. The monoisotopic (exact) mass is 549 g/mol. The minimum atomic E-state index is -0.199. The summed E-state index contributed by atoms with van der Waals surface area (Å²) in [7, 11) is 0. The fourth-order valence-electron chi connectivity index (χ4n) is 6.99. The number of rotatable bonds is 3.